The highest BCUT2D eigenvalue weighted by Crippen LogP contribution is 2.13. The number of carbonyl (C=O) groups excluding carboxylic acids is 1. The van der Waals surface area contributed by atoms with Crippen LogP contribution in [0.15, 0.2) is 82.6 Å². The van der Waals surface area contributed by atoms with Gasteiger partial charge in [-0.1, -0.05) is 41.9 Å². The van der Waals surface area contributed by atoms with Gasteiger partial charge in [-0.15, -0.1) is 0 Å². The van der Waals surface area contributed by atoms with Crippen LogP contribution in [0.3, 0.4) is 0 Å². The zero-order valence-corrected chi connectivity index (χ0v) is 17.9. The molecule has 0 aliphatic rings. The summed E-state index contributed by atoms with van der Waals surface area (Å²) in [5.74, 6) is -1.38. The molecule has 2 heterocycles. The molecule has 2 aromatic carbocycles. The Morgan fingerprint density at radius 3 is 2.61 bits per heavy atom. The monoisotopic (exact) mass is 465 g/mol. The molecule has 4 aromatic rings. The summed E-state index contributed by atoms with van der Waals surface area (Å²) in [6.07, 6.45) is 3.16. The topological polar surface area (TPSA) is 98.9 Å². The second kappa shape index (κ2) is 9.58. The molecule has 0 atom stereocenters. The fourth-order valence-electron chi connectivity index (χ4n) is 3.14. The van der Waals surface area contributed by atoms with E-state index in [-0.39, 0.29) is 24.3 Å². The van der Waals surface area contributed by atoms with Gasteiger partial charge in [0.1, 0.15) is 5.82 Å². The molecule has 0 radical (unpaired) electrons. The van der Waals surface area contributed by atoms with E-state index >= 15 is 0 Å². The number of rotatable bonds is 6. The van der Waals surface area contributed by atoms with Crippen LogP contribution in [-0.4, -0.2) is 25.2 Å². The number of nitrogens with zero attached hydrogens (tertiary/aromatic N) is 4. The molecule has 33 heavy (non-hydrogen) atoms. The van der Waals surface area contributed by atoms with Crippen molar-refractivity contribution in [3.05, 3.63) is 122 Å². The van der Waals surface area contributed by atoms with E-state index in [2.05, 4.69) is 15.4 Å². The molecule has 1 N–H and O–H groups in total. The van der Waals surface area contributed by atoms with Crippen LogP contribution in [0, 0.1) is 5.82 Å². The van der Waals surface area contributed by atoms with Crippen molar-refractivity contribution in [2.75, 3.05) is 0 Å². The van der Waals surface area contributed by atoms with E-state index in [0.717, 1.165) is 9.25 Å². The number of benzene rings is 2. The summed E-state index contributed by atoms with van der Waals surface area (Å²) >= 11 is 6.04. The molecule has 0 aliphatic heterocycles. The summed E-state index contributed by atoms with van der Waals surface area (Å²) in [7, 11) is 0. The Kier molecular flexibility index (Phi) is 6.41. The summed E-state index contributed by atoms with van der Waals surface area (Å²) in [5.41, 5.74) is -1.23. The number of pyridine rings is 1. The van der Waals surface area contributed by atoms with Crippen LogP contribution < -0.4 is 16.6 Å². The first-order valence-electron chi connectivity index (χ1n) is 9.84. The van der Waals surface area contributed by atoms with E-state index in [1.165, 1.54) is 24.3 Å². The van der Waals surface area contributed by atoms with Gasteiger partial charge in [0.25, 0.3) is 11.5 Å². The van der Waals surface area contributed by atoms with Crippen LogP contribution in [0.2, 0.25) is 5.02 Å². The Labute approximate surface area is 191 Å². The van der Waals surface area contributed by atoms with Crippen molar-refractivity contribution in [2.45, 2.75) is 13.1 Å². The smallest absolute Gasteiger partial charge is 0.346 e. The third-order valence-electron chi connectivity index (χ3n) is 4.79. The number of hydrogen-bond donors (Lipinski definition) is 1. The summed E-state index contributed by atoms with van der Waals surface area (Å²) < 4.78 is 15.9. The fraction of sp³-hybridized carbons (Fsp3) is 0.0870. The van der Waals surface area contributed by atoms with Gasteiger partial charge >= 0.3 is 5.69 Å². The van der Waals surface area contributed by atoms with Crippen molar-refractivity contribution < 1.29 is 9.18 Å². The van der Waals surface area contributed by atoms with Crippen LogP contribution in [-0.2, 0) is 13.1 Å². The van der Waals surface area contributed by atoms with E-state index in [9.17, 15) is 18.8 Å². The quantitative estimate of drug-likeness (QED) is 0.472. The van der Waals surface area contributed by atoms with Gasteiger partial charge in [0.2, 0.25) is 5.69 Å². The van der Waals surface area contributed by atoms with Crippen molar-refractivity contribution in [1.82, 2.24) is 24.6 Å². The summed E-state index contributed by atoms with van der Waals surface area (Å²) in [6, 6.07) is 15.4. The van der Waals surface area contributed by atoms with Gasteiger partial charge in [0.15, 0.2) is 0 Å². The van der Waals surface area contributed by atoms with Crippen LogP contribution >= 0.6 is 11.6 Å². The molecule has 166 valence electrons. The molecule has 0 saturated carbocycles. The first-order chi connectivity index (χ1) is 15.9. The van der Waals surface area contributed by atoms with Crippen LogP contribution in [0.25, 0.3) is 5.69 Å². The predicted molar refractivity (Wildman–Crippen MR) is 120 cm³/mol. The molecule has 0 spiro atoms. The van der Waals surface area contributed by atoms with E-state index in [4.69, 9.17) is 11.6 Å². The zero-order chi connectivity index (χ0) is 23.4. The first-order valence-corrected chi connectivity index (χ1v) is 10.2. The summed E-state index contributed by atoms with van der Waals surface area (Å²) in [6.45, 7) is -0.284. The number of nitrogens with one attached hydrogen (secondary N) is 1. The molecule has 2 aromatic heterocycles. The normalized spacial score (nSPS) is 10.7. The maximum Gasteiger partial charge on any atom is 0.352 e. The lowest BCUT2D eigenvalue weighted by molar-refractivity contribution is 0.0941. The Balaban J connectivity index is 1.80. The number of amides is 1. The van der Waals surface area contributed by atoms with Crippen molar-refractivity contribution in [3.63, 3.8) is 0 Å². The lowest BCUT2D eigenvalue weighted by atomic mass is 10.2. The number of hydrogen-bond acceptors (Lipinski definition) is 5. The van der Waals surface area contributed by atoms with Gasteiger partial charge < -0.3 is 5.32 Å². The number of aromatic nitrogens is 4. The van der Waals surface area contributed by atoms with Crippen molar-refractivity contribution >= 4 is 17.5 Å². The molecule has 0 saturated heterocycles. The minimum Gasteiger partial charge on any atom is -0.346 e. The molecule has 8 nitrogen and oxygen atoms in total. The molecular weight excluding hydrogens is 449 g/mol. The highest BCUT2D eigenvalue weighted by molar-refractivity contribution is 6.30. The molecule has 0 aliphatic carbocycles. The maximum absolute atomic E-state index is 14.2. The molecule has 0 fully saturated rings. The Hall–Kier alpha value is -4.11. The lowest BCUT2D eigenvalue weighted by Gasteiger charge is -2.13. The van der Waals surface area contributed by atoms with Gasteiger partial charge in [0, 0.05) is 29.5 Å². The summed E-state index contributed by atoms with van der Waals surface area (Å²) in [4.78, 5) is 43.0. The standard InChI is InChI=1S/C23H17ClFN5O3/c24-17-7-3-8-18(11-17)30-23(33)29(14-16-6-1-2-9-19(16)25)22(32)20(28-30)21(31)27-13-15-5-4-10-26-12-15/h1-12H,13-14H2,(H,27,31). The van der Waals surface area contributed by atoms with Crippen LogP contribution in [0.1, 0.15) is 21.6 Å². The lowest BCUT2D eigenvalue weighted by Crippen LogP contribution is -2.46. The number of carbonyl (C=O) groups is 1. The highest BCUT2D eigenvalue weighted by Gasteiger charge is 2.21. The minimum atomic E-state index is -0.940. The fourth-order valence-corrected chi connectivity index (χ4v) is 3.32. The van der Waals surface area contributed by atoms with Crippen molar-refractivity contribution in [2.24, 2.45) is 0 Å². The second-order valence-corrected chi connectivity index (χ2v) is 7.49. The minimum absolute atomic E-state index is 0.0946. The Morgan fingerprint density at radius 1 is 1.06 bits per heavy atom. The van der Waals surface area contributed by atoms with Gasteiger partial charge in [-0.3, -0.25) is 19.1 Å². The molecule has 0 unspecified atom stereocenters. The van der Waals surface area contributed by atoms with Crippen LogP contribution in [0.5, 0.6) is 0 Å². The molecule has 10 heteroatoms. The molecule has 4 rings (SSSR count). The van der Waals surface area contributed by atoms with E-state index in [1.54, 1.807) is 48.8 Å². The SMILES string of the molecule is O=C(NCc1cccnc1)c1nn(-c2cccc(Cl)c2)c(=O)n(Cc2ccccc2F)c1=O. The van der Waals surface area contributed by atoms with E-state index < -0.39 is 28.7 Å². The largest absolute Gasteiger partial charge is 0.352 e. The van der Waals surface area contributed by atoms with Gasteiger partial charge in [-0.05, 0) is 35.9 Å². The van der Waals surface area contributed by atoms with Crippen molar-refractivity contribution in [3.8, 4) is 5.69 Å². The van der Waals surface area contributed by atoms with Crippen LogP contribution in [0.4, 0.5) is 4.39 Å². The Bertz CT molecular complexity index is 1440. The Morgan fingerprint density at radius 2 is 1.88 bits per heavy atom. The molecule has 0 bridgehead atoms. The molecular formula is C23H17ClFN5O3. The van der Waals surface area contributed by atoms with Gasteiger partial charge in [0.05, 0.1) is 12.2 Å². The van der Waals surface area contributed by atoms with Gasteiger partial charge in [-0.2, -0.15) is 9.78 Å². The molecule has 1 amide bonds. The third-order valence-corrected chi connectivity index (χ3v) is 5.02. The zero-order valence-electron chi connectivity index (χ0n) is 17.1. The number of halogens is 2. The summed E-state index contributed by atoms with van der Waals surface area (Å²) in [5, 5.41) is 6.94. The average molecular weight is 466 g/mol. The highest BCUT2D eigenvalue weighted by atomic mass is 35.5. The predicted octanol–water partition coefficient (Wildman–Crippen LogP) is 2.56. The average Bonchev–Trinajstić information content (AvgIpc) is 2.82. The van der Waals surface area contributed by atoms with Gasteiger partial charge in [-0.25, -0.2) is 9.18 Å². The van der Waals surface area contributed by atoms with E-state index in [0.29, 0.717) is 10.6 Å². The second-order valence-electron chi connectivity index (χ2n) is 7.05. The van der Waals surface area contributed by atoms with Crippen molar-refractivity contribution in [1.29, 1.82) is 0 Å². The van der Waals surface area contributed by atoms with E-state index in [1.807, 2.05) is 0 Å². The maximum atomic E-state index is 14.2. The first kappa shape index (κ1) is 22.1. The third kappa shape index (κ3) is 4.88.